The van der Waals surface area contributed by atoms with Crippen molar-refractivity contribution in [2.24, 2.45) is 0 Å². The highest BCUT2D eigenvalue weighted by Crippen LogP contribution is 2.32. The lowest BCUT2D eigenvalue weighted by Crippen LogP contribution is -2.12. The van der Waals surface area contributed by atoms with Gasteiger partial charge in [0.1, 0.15) is 0 Å². The zero-order valence-corrected chi connectivity index (χ0v) is 14.7. The Hall–Kier alpha value is -2.71. The monoisotopic (exact) mass is 346 g/mol. The summed E-state index contributed by atoms with van der Waals surface area (Å²) in [6, 6.07) is 25.0. The number of benzene rings is 3. The van der Waals surface area contributed by atoms with Crippen LogP contribution in [0.3, 0.4) is 0 Å². The maximum atomic E-state index is 6.03. The van der Waals surface area contributed by atoms with Crippen LogP contribution in [0.1, 0.15) is 22.7 Å². The summed E-state index contributed by atoms with van der Waals surface area (Å²) >= 11 is 6.03. The van der Waals surface area contributed by atoms with Gasteiger partial charge in [-0.25, -0.2) is 0 Å². The Balaban J connectivity index is 1.80. The molecule has 4 rings (SSSR count). The fourth-order valence-corrected chi connectivity index (χ4v) is 3.27. The van der Waals surface area contributed by atoms with E-state index in [0.717, 1.165) is 16.2 Å². The molecule has 2 nitrogen and oxygen atoms in total. The average molecular weight is 347 g/mol. The van der Waals surface area contributed by atoms with Crippen molar-refractivity contribution in [2.75, 3.05) is 5.32 Å². The summed E-state index contributed by atoms with van der Waals surface area (Å²) in [6.07, 6.45) is 2.10. The largest absolute Gasteiger partial charge is 0.374 e. The molecule has 25 heavy (non-hydrogen) atoms. The van der Waals surface area contributed by atoms with E-state index < -0.39 is 0 Å². The Morgan fingerprint density at radius 2 is 1.60 bits per heavy atom. The molecule has 0 saturated heterocycles. The molecule has 124 valence electrons. The molecule has 4 aromatic rings. The van der Waals surface area contributed by atoms with Gasteiger partial charge in [-0.15, -0.1) is 0 Å². The molecule has 1 atom stereocenters. The summed E-state index contributed by atoms with van der Waals surface area (Å²) in [6.45, 7) is 2.11. The number of aryl methyl sites for hydroxylation is 1. The summed E-state index contributed by atoms with van der Waals surface area (Å²) in [4.78, 5) is 3.38. The molecule has 0 amide bonds. The smallest absolute Gasteiger partial charge is 0.0788 e. The van der Waals surface area contributed by atoms with Gasteiger partial charge in [0, 0.05) is 33.4 Å². The molecule has 0 fully saturated rings. The van der Waals surface area contributed by atoms with E-state index in [2.05, 4.69) is 72.0 Å². The van der Waals surface area contributed by atoms with Crippen molar-refractivity contribution in [1.82, 2.24) is 4.98 Å². The van der Waals surface area contributed by atoms with E-state index in [9.17, 15) is 0 Å². The predicted octanol–water partition coefficient (Wildman–Crippen LogP) is 6.33. The number of halogens is 1. The highest BCUT2D eigenvalue weighted by molar-refractivity contribution is 6.30. The molecule has 1 heterocycles. The Morgan fingerprint density at radius 3 is 2.36 bits per heavy atom. The Labute approximate surface area is 152 Å². The van der Waals surface area contributed by atoms with Crippen molar-refractivity contribution in [1.29, 1.82) is 0 Å². The quantitative estimate of drug-likeness (QED) is 0.444. The first-order valence-electron chi connectivity index (χ1n) is 8.35. The minimum Gasteiger partial charge on any atom is -0.374 e. The first-order valence-corrected chi connectivity index (χ1v) is 8.73. The van der Waals surface area contributed by atoms with Gasteiger partial charge in [-0.1, -0.05) is 59.6 Å². The molecule has 0 aliphatic rings. The number of hydrogen-bond donors (Lipinski definition) is 2. The van der Waals surface area contributed by atoms with E-state index in [4.69, 9.17) is 11.6 Å². The molecule has 3 heteroatoms. The highest BCUT2D eigenvalue weighted by Gasteiger charge is 2.18. The average Bonchev–Trinajstić information content (AvgIpc) is 3.06. The zero-order valence-electron chi connectivity index (χ0n) is 14.0. The van der Waals surface area contributed by atoms with Crippen LogP contribution in [0.25, 0.3) is 10.9 Å². The van der Waals surface area contributed by atoms with Crippen molar-refractivity contribution in [2.45, 2.75) is 13.0 Å². The number of rotatable bonds is 4. The van der Waals surface area contributed by atoms with Crippen LogP contribution in [0.4, 0.5) is 5.69 Å². The lowest BCUT2D eigenvalue weighted by Gasteiger charge is -2.21. The molecule has 0 spiro atoms. The van der Waals surface area contributed by atoms with E-state index in [1.165, 1.54) is 22.1 Å². The van der Waals surface area contributed by atoms with Crippen LogP contribution in [0.15, 0.2) is 79.0 Å². The second-order valence-electron chi connectivity index (χ2n) is 6.28. The van der Waals surface area contributed by atoms with Crippen molar-refractivity contribution >= 4 is 28.2 Å². The molecule has 0 saturated carbocycles. The second-order valence-corrected chi connectivity index (χ2v) is 6.72. The lowest BCUT2D eigenvalue weighted by atomic mass is 9.97. The molecule has 0 bridgehead atoms. The van der Waals surface area contributed by atoms with E-state index in [-0.39, 0.29) is 6.04 Å². The van der Waals surface area contributed by atoms with Crippen LogP contribution >= 0.6 is 11.6 Å². The van der Waals surface area contributed by atoms with Gasteiger partial charge >= 0.3 is 0 Å². The van der Waals surface area contributed by atoms with Gasteiger partial charge in [-0.3, -0.25) is 0 Å². The molecule has 1 unspecified atom stereocenters. The Morgan fingerprint density at radius 1 is 0.880 bits per heavy atom. The van der Waals surface area contributed by atoms with Gasteiger partial charge < -0.3 is 10.3 Å². The lowest BCUT2D eigenvalue weighted by molar-refractivity contribution is 0.948. The number of H-pyrrole nitrogens is 1. The fourth-order valence-electron chi connectivity index (χ4n) is 3.15. The van der Waals surface area contributed by atoms with Gasteiger partial charge in [0.25, 0.3) is 0 Å². The summed E-state index contributed by atoms with van der Waals surface area (Å²) < 4.78 is 0. The number of aromatic nitrogens is 1. The molecular weight excluding hydrogens is 328 g/mol. The summed E-state index contributed by atoms with van der Waals surface area (Å²) in [5, 5.41) is 5.63. The van der Waals surface area contributed by atoms with Gasteiger partial charge in [-0.2, -0.15) is 0 Å². The molecule has 0 aliphatic carbocycles. The standard InChI is InChI=1S/C22H19ClN2/c1-15-6-8-16(9-7-15)22(25-18-12-10-17(23)11-13-18)20-14-24-21-5-3-2-4-19(20)21/h2-14,22,24-25H,1H3. The van der Waals surface area contributed by atoms with Crippen LogP contribution in [0.5, 0.6) is 0 Å². The molecule has 3 aromatic carbocycles. The molecule has 0 radical (unpaired) electrons. The Kier molecular flexibility index (Phi) is 4.21. The number of para-hydroxylation sites is 1. The van der Waals surface area contributed by atoms with Crippen LogP contribution in [0.2, 0.25) is 5.02 Å². The van der Waals surface area contributed by atoms with Crippen molar-refractivity contribution < 1.29 is 0 Å². The maximum Gasteiger partial charge on any atom is 0.0788 e. The van der Waals surface area contributed by atoms with Crippen molar-refractivity contribution in [3.8, 4) is 0 Å². The number of aromatic amines is 1. The summed E-state index contributed by atoms with van der Waals surface area (Å²) in [7, 11) is 0. The molecule has 1 aromatic heterocycles. The van der Waals surface area contributed by atoms with E-state index in [0.29, 0.717) is 0 Å². The van der Waals surface area contributed by atoms with Gasteiger partial charge in [0.05, 0.1) is 6.04 Å². The fraction of sp³-hybridized carbons (Fsp3) is 0.0909. The minimum absolute atomic E-state index is 0.0536. The third kappa shape index (κ3) is 3.26. The normalized spacial score (nSPS) is 12.2. The summed E-state index contributed by atoms with van der Waals surface area (Å²) in [5.41, 5.74) is 5.90. The van der Waals surface area contributed by atoms with Gasteiger partial charge in [-0.05, 0) is 42.8 Å². The zero-order chi connectivity index (χ0) is 17.2. The van der Waals surface area contributed by atoms with E-state index >= 15 is 0 Å². The number of fused-ring (bicyclic) bond motifs is 1. The third-order valence-electron chi connectivity index (χ3n) is 4.50. The molecule has 2 N–H and O–H groups in total. The van der Waals surface area contributed by atoms with Gasteiger partial charge in [0.2, 0.25) is 0 Å². The third-order valence-corrected chi connectivity index (χ3v) is 4.75. The predicted molar refractivity (Wildman–Crippen MR) is 106 cm³/mol. The minimum atomic E-state index is 0.0536. The number of nitrogens with one attached hydrogen (secondary N) is 2. The van der Waals surface area contributed by atoms with Crippen LogP contribution in [-0.4, -0.2) is 4.98 Å². The highest BCUT2D eigenvalue weighted by atomic mass is 35.5. The molecule has 0 aliphatic heterocycles. The SMILES string of the molecule is Cc1ccc(C(Nc2ccc(Cl)cc2)c2c[nH]c3ccccc23)cc1. The Bertz CT molecular complexity index is 985. The first-order chi connectivity index (χ1) is 12.2. The second kappa shape index (κ2) is 6.66. The number of hydrogen-bond acceptors (Lipinski definition) is 1. The maximum absolute atomic E-state index is 6.03. The van der Waals surface area contributed by atoms with E-state index in [1.807, 2.05) is 24.3 Å². The van der Waals surface area contributed by atoms with Crippen molar-refractivity contribution in [3.63, 3.8) is 0 Å². The van der Waals surface area contributed by atoms with Crippen LogP contribution in [-0.2, 0) is 0 Å². The van der Waals surface area contributed by atoms with Gasteiger partial charge in [0.15, 0.2) is 0 Å². The topological polar surface area (TPSA) is 27.8 Å². The van der Waals surface area contributed by atoms with E-state index in [1.54, 1.807) is 0 Å². The summed E-state index contributed by atoms with van der Waals surface area (Å²) in [5.74, 6) is 0. The number of anilines is 1. The molecular formula is C22H19ClN2. The van der Waals surface area contributed by atoms with Crippen LogP contribution < -0.4 is 5.32 Å². The first kappa shape index (κ1) is 15.8. The van der Waals surface area contributed by atoms with Crippen molar-refractivity contribution in [3.05, 3.63) is 101 Å². The van der Waals surface area contributed by atoms with Crippen LogP contribution in [0, 0.1) is 6.92 Å².